The van der Waals surface area contributed by atoms with E-state index < -0.39 is 0 Å². The zero-order valence-electron chi connectivity index (χ0n) is 8.19. The van der Waals surface area contributed by atoms with Gasteiger partial charge in [0.25, 0.3) is 0 Å². The molecule has 1 heterocycles. The maximum absolute atomic E-state index is 5.55. The molecule has 2 aromatic rings. The summed E-state index contributed by atoms with van der Waals surface area (Å²) in [5.41, 5.74) is 7.69. The Kier molecular flexibility index (Phi) is 2.47. The second-order valence-electron chi connectivity index (χ2n) is 3.23. The Balaban J connectivity index is 2.54. The first-order chi connectivity index (χ1) is 7.15. The number of hydrogen-bond donors (Lipinski definition) is 2. The zero-order valence-corrected chi connectivity index (χ0v) is 9.01. The van der Waals surface area contributed by atoms with E-state index >= 15 is 0 Å². The number of nitrogens with two attached hydrogens (primary N) is 1. The molecule has 0 saturated carbocycles. The minimum Gasteiger partial charge on any atom is -0.369 e. The zero-order chi connectivity index (χ0) is 10.8. The molecule has 0 amide bonds. The van der Waals surface area contributed by atoms with Gasteiger partial charge in [0.05, 0.1) is 0 Å². The van der Waals surface area contributed by atoms with Crippen LogP contribution in [0.3, 0.4) is 0 Å². The van der Waals surface area contributed by atoms with Crippen LogP contribution in [-0.4, -0.2) is 15.0 Å². The molecule has 4 nitrogen and oxygen atoms in total. The summed E-state index contributed by atoms with van der Waals surface area (Å²) in [5.74, 6) is 0.929. The van der Waals surface area contributed by atoms with Gasteiger partial charge in [-0.15, -0.1) is 0 Å². The predicted octanol–water partition coefficient (Wildman–Crippen LogP) is 2.09. The van der Waals surface area contributed by atoms with Crippen LogP contribution in [-0.2, 0) is 0 Å². The SMILES string of the molecule is Cc1ccc(-c2nc(=S)nc(N)[nH]2)cc1. The standard InChI is InChI=1S/C10H10N4S/c1-6-2-4-7(5-3-6)8-12-9(11)14-10(15)13-8/h2-5H,1H3,(H3,11,12,13,14,15). The fourth-order valence-corrected chi connectivity index (χ4v) is 1.44. The molecule has 5 heteroatoms. The van der Waals surface area contributed by atoms with Crippen LogP contribution in [0.5, 0.6) is 0 Å². The number of aryl methyl sites for hydroxylation is 1. The summed E-state index contributed by atoms with van der Waals surface area (Å²) >= 11 is 4.89. The molecule has 0 aliphatic carbocycles. The van der Waals surface area contributed by atoms with Gasteiger partial charge in [-0.2, -0.15) is 4.98 Å². The first kappa shape index (κ1) is 9.79. The lowest BCUT2D eigenvalue weighted by Gasteiger charge is -2.02. The first-order valence-electron chi connectivity index (χ1n) is 4.46. The molecule has 1 aromatic carbocycles. The van der Waals surface area contributed by atoms with E-state index in [2.05, 4.69) is 15.0 Å². The van der Waals surface area contributed by atoms with E-state index in [0.29, 0.717) is 5.82 Å². The largest absolute Gasteiger partial charge is 0.369 e. The Labute approximate surface area is 92.2 Å². The van der Waals surface area contributed by atoms with Gasteiger partial charge in [-0.05, 0) is 19.1 Å². The van der Waals surface area contributed by atoms with E-state index in [0.717, 1.165) is 5.56 Å². The minimum absolute atomic E-state index is 0.252. The third-order valence-electron chi connectivity index (χ3n) is 2.00. The highest BCUT2D eigenvalue weighted by molar-refractivity contribution is 7.71. The van der Waals surface area contributed by atoms with Crippen molar-refractivity contribution in [2.75, 3.05) is 5.73 Å². The molecule has 0 fully saturated rings. The van der Waals surface area contributed by atoms with Crippen LogP contribution in [0.4, 0.5) is 5.95 Å². The number of anilines is 1. The fraction of sp³-hybridized carbons (Fsp3) is 0.100. The van der Waals surface area contributed by atoms with Crippen LogP contribution in [0.15, 0.2) is 24.3 Å². The molecule has 0 aliphatic rings. The summed E-state index contributed by atoms with van der Waals surface area (Å²) in [5, 5.41) is 0. The van der Waals surface area contributed by atoms with Gasteiger partial charge in [-0.3, -0.25) is 0 Å². The van der Waals surface area contributed by atoms with Gasteiger partial charge >= 0.3 is 0 Å². The van der Waals surface area contributed by atoms with Gasteiger partial charge in [0.1, 0.15) is 5.82 Å². The summed E-state index contributed by atoms with van der Waals surface area (Å²) in [6.07, 6.45) is 0. The number of aromatic nitrogens is 3. The van der Waals surface area contributed by atoms with Gasteiger partial charge < -0.3 is 10.7 Å². The highest BCUT2D eigenvalue weighted by Crippen LogP contribution is 2.15. The summed E-state index contributed by atoms with van der Waals surface area (Å²) in [7, 11) is 0. The lowest BCUT2D eigenvalue weighted by molar-refractivity contribution is 1.05. The Hall–Kier alpha value is -1.75. The molecule has 2 rings (SSSR count). The number of nitrogens with one attached hydrogen (secondary N) is 1. The molecule has 1 aromatic heterocycles. The average molecular weight is 218 g/mol. The van der Waals surface area contributed by atoms with Crippen LogP contribution in [0.1, 0.15) is 5.56 Å². The molecule has 0 spiro atoms. The highest BCUT2D eigenvalue weighted by atomic mass is 32.1. The van der Waals surface area contributed by atoms with E-state index in [1.807, 2.05) is 31.2 Å². The van der Waals surface area contributed by atoms with E-state index in [1.165, 1.54) is 5.56 Å². The number of rotatable bonds is 1. The van der Waals surface area contributed by atoms with Crippen LogP contribution in [0.25, 0.3) is 11.4 Å². The van der Waals surface area contributed by atoms with E-state index in [-0.39, 0.29) is 10.7 Å². The minimum atomic E-state index is 0.252. The topological polar surface area (TPSA) is 67.6 Å². The molecule has 0 saturated heterocycles. The van der Waals surface area contributed by atoms with Crippen molar-refractivity contribution >= 4 is 18.2 Å². The number of aromatic amines is 1. The summed E-state index contributed by atoms with van der Waals surface area (Å²) < 4.78 is 0.252. The van der Waals surface area contributed by atoms with E-state index in [4.69, 9.17) is 18.0 Å². The fourth-order valence-electron chi connectivity index (χ4n) is 1.25. The molecular weight excluding hydrogens is 208 g/mol. The maximum Gasteiger partial charge on any atom is 0.224 e. The first-order valence-corrected chi connectivity index (χ1v) is 4.87. The van der Waals surface area contributed by atoms with Crippen LogP contribution in [0.2, 0.25) is 0 Å². The second kappa shape index (κ2) is 3.78. The maximum atomic E-state index is 5.55. The van der Waals surface area contributed by atoms with E-state index in [9.17, 15) is 0 Å². The predicted molar refractivity (Wildman–Crippen MR) is 61.8 cm³/mol. The Morgan fingerprint density at radius 1 is 1.20 bits per heavy atom. The molecule has 0 bridgehead atoms. The molecule has 0 radical (unpaired) electrons. The monoisotopic (exact) mass is 218 g/mol. The van der Waals surface area contributed by atoms with Crippen molar-refractivity contribution in [1.82, 2.24) is 15.0 Å². The Morgan fingerprint density at radius 3 is 2.47 bits per heavy atom. The molecule has 15 heavy (non-hydrogen) atoms. The molecule has 0 atom stereocenters. The van der Waals surface area contributed by atoms with Crippen LogP contribution in [0, 0.1) is 11.7 Å². The summed E-state index contributed by atoms with van der Waals surface area (Å²) in [4.78, 5) is 10.8. The molecule has 3 N–H and O–H groups in total. The van der Waals surface area contributed by atoms with Crippen molar-refractivity contribution < 1.29 is 0 Å². The van der Waals surface area contributed by atoms with Crippen LogP contribution >= 0.6 is 12.2 Å². The van der Waals surface area contributed by atoms with Crippen molar-refractivity contribution in [3.05, 3.63) is 34.6 Å². The Bertz CT molecular complexity index is 530. The molecule has 0 unspecified atom stereocenters. The number of nitrogen functional groups attached to an aromatic ring is 1. The summed E-state index contributed by atoms with van der Waals surface area (Å²) in [6, 6.07) is 7.93. The van der Waals surface area contributed by atoms with Gasteiger partial charge in [-0.25, -0.2) is 4.98 Å². The number of benzene rings is 1. The molecule has 0 aliphatic heterocycles. The van der Waals surface area contributed by atoms with Gasteiger partial charge in [-0.1, -0.05) is 29.8 Å². The molecular formula is C10H10N4S. The van der Waals surface area contributed by atoms with Gasteiger partial charge in [0.2, 0.25) is 10.7 Å². The number of H-pyrrole nitrogens is 1. The third-order valence-corrected chi connectivity index (χ3v) is 2.18. The van der Waals surface area contributed by atoms with Crippen molar-refractivity contribution in [3.8, 4) is 11.4 Å². The third kappa shape index (κ3) is 2.19. The summed E-state index contributed by atoms with van der Waals surface area (Å²) in [6.45, 7) is 2.03. The van der Waals surface area contributed by atoms with Crippen molar-refractivity contribution in [2.24, 2.45) is 0 Å². The van der Waals surface area contributed by atoms with Gasteiger partial charge in [0.15, 0.2) is 0 Å². The second-order valence-corrected chi connectivity index (χ2v) is 3.60. The molecule has 76 valence electrons. The van der Waals surface area contributed by atoms with Crippen molar-refractivity contribution in [2.45, 2.75) is 6.92 Å². The number of nitrogens with zero attached hydrogens (tertiary/aromatic N) is 2. The number of hydrogen-bond acceptors (Lipinski definition) is 4. The smallest absolute Gasteiger partial charge is 0.224 e. The van der Waals surface area contributed by atoms with Crippen molar-refractivity contribution in [1.29, 1.82) is 0 Å². The normalized spacial score (nSPS) is 10.2. The van der Waals surface area contributed by atoms with E-state index in [1.54, 1.807) is 0 Å². The van der Waals surface area contributed by atoms with Crippen molar-refractivity contribution in [3.63, 3.8) is 0 Å². The van der Waals surface area contributed by atoms with Gasteiger partial charge in [0, 0.05) is 5.56 Å². The Morgan fingerprint density at radius 2 is 1.87 bits per heavy atom. The average Bonchev–Trinajstić information content (AvgIpc) is 2.17. The van der Waals surface area contributed by atoms with Crippen LogP contribution < -0.4 is 5.73 Å². The quantitative estimate of drug-likeness (QED) is 0.719. The highest BCUT2D eigenvalue weighted by Gasteiger charge is 2.00. The lowest BCUT2D eigenvalue weighted by Crippen LogP contribution is -1.99. The lowest BCUT2D eigenvalue weighted by atomic mass is 10.1.